The number of halogens is 3. The SMILES string of the molecule is C#Cc1ccc(N2CCN(C(=O)OC(C)(C)C)C(CCCC)C2)c(C(F)(F)F)c1. The third kappa shape index (κ3) is 6.06. The van der Waals surface area contributed by atoms with Crippen molar-refractivity contribution in [2.24, 2.45) is 0 Å². The van der Waals surface area contributed by atoms with Gasteiger partial charge in [0, 0.05) is 30.9 Å². The molecule has 0 saturated carbocycles. The minimum atomic E-state index is -4.51. The second-order valence-electron chi connectivity index (χ2n) is 8.29. The Balaban J connectivity index is 2.30. The molecule has 0 aromatic heterocycles. The van der Waals surface area contributed by atoms with Gasteiger partial charge >= 0.3 is 12.3 Å². The molecule has 1 fully saturated rings. The monoisotopic (exact) mass is 410 g/mol. The Morgan fingerprint density at radius 1 is 1.28 bits per heavy atom. The van der Waals surface area contributed by atoms with Crippen molar-refractivity contribution in [3.05, 3.63) is 29.3 Å². The summed E-state index contributed by atoms with van der Waals surface area (Å²) in [4.78, 5) is 16.0. The van der Waals surface area contributed by atoms with Gasteiger partial charge in [0.1, 0.15) is 5.60 Å². The minimum absolute atomic E-state index is 0.0989. The predicted molar refractivity (Wildman–Crippen MR) is 108 cm³/mol. The van der Waals surface area contributed by atoms with Crippen LogP contribution in [0.25, 0.3) is 0 Å². The van der Waals surface area contributed by atoms with Gasteiger partial charge in [0.2, 0.25) is 0 Å². The molecule has 0 N–H and O–H groups in total. The van der Waals surface area contributed by atoms with E-state index in [0.717, 1.165) is 18.9 Å². The van der Waals surface area contributed by atoms with E-state index >= 15 is 0 Å². The molecule has 1 aromatic rings. The lowest BCUT2D eigenvalue weighted by Crippen LogP contribution is -2.56. The molecule has 0 radical (unpaired) electrons. The first-order valence-electron chi connectivity index (χ1n) is 9.88. The second-order valence-corrected chi connectivity index (χ2v) is 8.29. The van der Waals surface area contributed by atoms with Crippen LogP contribution >= 0.6 is 0 Å². The van der Waals surface area contributed by atoms with Crippen LogP contribution in [0.5, 0.6) is 0 Å². The van der Waals surface area contributed by atoms with Crippen molar-refractivity contribution in [2.45, 2.75) is 64.8 Å². The van der Waals surface area contributed by atoms with Gasteiger partial charge in [-0.1, -0.05) is 25.7 Å². The van der Waals surface area contributed by atoms with Crippen molar-refractivity contribution < 1.29 is 22.7 Å². The first-order chi connectivity index (χ1) is 13.5. The lowest BCUT2D eigenvalue weighted by Gasteiger charge is -2.43. The number of anilines is 1. The predicted octanol–water partition coefficient (Wildman–Crippen LogP) is 5.30. The van der Waals surface area contributed by atoms with E-state index in [1.165, 1.54) is 12.1 Å². The van der Waals surface area contributed by atoms with E-state index in [0.29, 0.717) is 26.1 Å². The summed E-state index contributed by atoms with van der Waals surface area (Å²) >= 11 is 0. The Labute approximate surface area is 171 Å². The fourth-order valence-corrected chi connectivity index (χ4v) is 3.45. The number of carbonyl (C=O) groups excluding carboxylic acids is 1. The molecule has 7 heteroatoms. The molecule has 1 aliphatic heterocycles. The number of unbranched alkanes of at least 4 members (excludes halogenated alkanes) is 1. The average Bonchev–Trinajstić information content (AvgIpc) is 2.63. The number of hydrogen-bond acceptors (Lipinski definition) is 3. The molecule has 29 heavy (non-hydrogen) atoms. The van der Waals surface area contributed by atoms with E-state index in [9.17, 15) is 18.0 Å². The van der Waals surface area contributed by atoms with Gasteiger partial charge in [0.25, 0.3) is 0 Å². The van der Waals surface area contributed by atoms with E-state index in [-0.39, 0.29) is 17.3 Å². The van der Waals surface area contributed by atoms with Crippen molar-refractivity contribution in [2.75, 3.05) is 24.5 Å². The van der Waals surface area contributed by atoms with Gasteiger partial charge in [-0.3, -0.25) is 0 Å². The zero-order valence-corrected chi connectivity index (χ0v) is 17.5. The maximum atomic E-state index is 13.6. The van der Waals surface area contributed by atoms with Crippen LogP contribution in [0.15, 0.2) is 18.2 Å². The van der Waals surface area contributed by atoms with Gasteiger partial charge in [0.15, 0.2) is 0 Å². The first-order valence-corrected chi connectivity index (χ1v) is 9.88. The molecule has 1 aromatic carbocycles. The molecule has 0 aliphatic carbocycles. The summed E-state index contributed by atoms with van der Waals surface area (Å²) < 4.78 is 46.4. The molecule has 160 valence electrons. The van der Waals surface area contributed by atoms with E-state index in [1.807, 2.05) is 6.92 Å². The first kappa shape index (κ1) is 22.9. The van der Waals surface area contributed by atoms with Crippen molar-refractivity contribution in [1.29, 1.82) is 0 Å². The summed E-state index contributed by atoms with van der Waals surface area (Å²) in [6.45, 7) is 8.34. The van der Waals surface area contributed by atoms with Crippen LogP contribution < -0.4 is 4.90 Å². The number of alkyl halides is 3. The highest BCUT2D eigenvalue weighted by atomic mass is 19.4. The topological polar surface area (TPSA) is 32.8 Å². The molecular formula is C22H29F3N2O2. The molecule has 4 nitrogen and oxygen atoms in total. The summed E-state index contributed by atoms with van der Waals surface area (Å²) in [5, 5.41) is 0. The molecular weight excluding hydrogens is 381 g/mol. The maximum absolute atomic E-state index is 13.6. The van der Waals surface area contributed by atoms with E-state index in [1.54, 1.807) is 30.6 Å². The molecule has 1 unspecified atom stereocenters. The summed E-state index contributed by atoms with van der Waals surface area (Å²) in [6, 6.07) is 3.74. The minimum Gasteiger partial charge on any atom is -0.444 e. The summed E-state index contributed by atoms with van der Waals surface area (Å²) in [7, 11) is 0. The fourth-order valence-electron chi connectivity index (χ4n) is 3.45. The largest absolute Gasteiger partial charge is 0.444 e. The fraction of sp³-hybridized carbons (Fsp3) is 0.591. The Morgan fingerprint density at radius 2 is 1.97 bits per heavy atom. The van der Waals surface area contributed by atoms with Gasteiger partial charge in [-0.25, -0.2) is 4.79 Å². The van der Waals surface area contributed by atoms with Crippen molar-refractivity contribution in [1.82, 2.24) is 4.90 Å². The Morgan fingerprint density at radius 3 is 2.52 bits per heavy atom. The van der Waals surface area contributed by atoms with E-state index in [2.05, 4.69) is 5.92 Å². The standard InChI is InChI=1S/C22H29F3N2O2/c1-6-8-9-17-15-26(12-13-27(17)20(28)29-21(3,4)5)19-11-10-16(7-2)14-18(19)22(23,24)25/h2,10-11,14,17H,6,8-9,12-13,15H2,1,3-5H3. The summed E-state index contributed by atoms with van der Waals surface area (Å²) in [5.41, 5.74) is -1.08. The van der Waals surface area contributed by atoms with Gasteiger partial charge in [-0.2, -0.15) is 13.2 Å². The Hall–Kier alpha value is -2.36. The van der Waals surface area contributed by atoms with Crippen LogP contribution in [-0.4, -0.2) is 42.3 Å². The highest BCUT2D eigenvalue weighted by Gasteiger charge is 2.38. The lowest BCUT2D eigenvalue weighted by atomic mass is 10.0. The number of rotatable bonds is 4. The van der Waals surface area contributed by atoms with Crippen molar-refractivity contribution in [3.8, 4) is 12.3 Å². The Bertz CT molecular complexity index is 763. The normalized spacial score (nSPS) is 17.8. The molecule has 0 spiro atoms. The highest BCUT2D eigenvalue weighted by molar-refractivity contribution is 5.69. The maximum Gasteiger partial charge on any atom is 0.418 e. The van der Waals surface area contributed by atoms with Crippen LogP contribution in [0.1, 0.15) is 58.1 Å². The molecule has 1 aliphatic rings. The summed E-state index contributed by atoms with van der Waals surface area (Å²) in [6.07, 6.45) is 2.86. The number of hydrogen-bond donors (Lipinski definition) is 0. The number of piperazine rings is 1. The zero-order chi connectivity index (χ0) is 21.8. The van der Waals surface area contributed by atoms with E-state index in [4.69, 9.17) is 11.2 Å². The molecule has 1 amide bonds. The van der Waals surface area contributed by atoms with Gasteiger partial charge in [-0.05, 0) is 45.4 Å². The van der Waals surface area contributed by atoms with Crippen molar-refractivity contribution >= 4 is 11.8 Å². The van der Waals surface area contributed by atoms with Crippen LogP contribution in [-0.2, 0) is 10.9 Å². The quantitative estimate of drug-likeness (QED) is 0.632. The van der Waals surface area contributed by atoms with E-state index < -0.39 is 23.4 Å². The number of ether oxygens (including phenoxy) is 1. The molecule has 0 bridgehead atoms. The Kier molecular flexibility index (Phi) is 7.10. The third-order valence-electron chi connectivity index (χ3n) is 4.81. The lowest BCUT2D eigenvalue weighted by molar-refractivity contribution is -0.137. The van der Waals surface area contributed by atoms with Crippen molar-refractivity contribution in [3.63, 3.8) is 0 Å². The van der Waals surface area contributed by atoms with Gasteiger partial charge in [0.05, 0.1) is 11.6 Å². The van der Waals surface area contributed by atoms with Gasteiger partial charge < -0.3 is 14.5 Å². The molecule has 1 heterocycles. The third-order valence-corrected chi connectivity index (χ3v) is 4.81. The highest BCUT2D eigenvalue weighted by Crippen LogP contribution is 2.38. The van der Waals surface area contributed by atoms with Crippen LogP contribution in [0.2, 0.25) is 0 Å². The number of amides is 1. The second kappa shape index (κ2) is 8.98. The summed E-state index contributed by atoms with van der Waals surface area (Å²) in [5.74, 6) is 2.26. The molecule has 1 saturated heterocycles. The number of benzene rings is 1. The average molecular weight is 410 g/mol. The van der Waals surface area contributed by atoms with Gasteiger partial charge in [-0.15, -0.1) is 6.42 Å². The van der Waals surface area contributed by atoms with Crippen LogP contribution in [0.3, 0.4) is 0 Å². The smallest absolute Gasteiger partial charge is 0.418 e. The molecule has 2 rings (SSSR count). The molecule has 1 atom stereocenters. The van der Waals surface area contributed by atoms with Crippen LogP contribution in [0.4, 0.5) is 23.7 Å². The number of nitrogens with zero attached hydrogens (tertiary/aromatic N) is 2. The number of carbonyl (C=O) groups is 1. The van der Waals surface area contributed by atoms with Crippen LogP contribution in [0, 0.1) is 12.3 Å². The number of terminal acetylenes is 1. The zero-order valence-electron chi connectivity index (χ0n) is 17.5.